The molecule has 2 aromatic heterocycles. The predicted octanol–water partition coefficient (Wildman–Crippen LogP) is 2.72. The van der Waals surface area contributed by atoms with E-state index < -0.39 is 0 Å². The average Bonchev–Trinajstić information content (AvgIpc) is 3.15. The van der Waals surface area contributed by atoms with Crippen LogP contribution < -0.4 is 20.9 Å². The fourth-order valence-corrected chi connectivity index (χ4v) is 4.32. The summed E-state index contributed by atoms with van der Waals surface area (Å²) in [5.74, 6) is 1.99. The number of nitrogens with zero attached hydrogens (tertiary/aromatic N) is 5. The van der Waals surface area contributed by atoms with Crippen molar-refractivity contribution in [2.24, 2.45) is 10.7 Å². The molecule has 2 aliphatic heterocycles. The minimum atomic E-state index is 0.134. The number of nitrogens with one attached hydrogen (secondary N) is 1. The zero-order chi connectivity index (χ0) is 21.3. The molecule has 2 aliphatic rings. The third-order valence-electron chi connectivity index (χ3n) is 5.70. The zero-order valence-corrected chi connectivity index (χ0v) is 18.5. The lowest BCUT2D eigenvalue weighted by Gasteiger charge is -2.29. The van der Waals surface area contributed by atoms with Crippen molar-refractivity contribution in [1.29, 1.82) is 0 Å². The van der Waals surface area contributed by atoms with Gasteiger partial charge in [-0.3, -0.25) is 4.99 Å². The second-order valence-electron chi connectivity index (χ2n) is 9.31. The lowest BCUT2D eigenvalue weighted by atomic mass is 10.1. The summed E-state index contributed by atoms with van der Waals surface area (Å²) in [6.07, 6.45) is 3.83. The summed E-state index contributed by atoms with van der Waals surface area (Å²) in [4.78, 5) is 18.5. The number of aliphatic imine (C=N–C) groups is 1. The molecule has 7 nitrogen and oxygen atoms in total. The third kappa shape index (κ3) is 4.56. The lowest BCUT2D eigenvalue weighted by molar-refractivity contribution is 0.373. The summed E-state index contributed by atoms with van der Waals surface area (Å²) in [6.45, 7) is 10.3. The quantitative estimate of drug-likeness (QED) is 0.759. The number of nitrogens with two attached hydrogens (primary N) is 1. The van der Waals surface area contributed by atoms with Crippen LogP contribution in [-0.4, -0.2) is 61.0 Å². The number of fused-ring (bicyclic) bond motifs is 1. The fourth-order valence-electron chi connectivity index (χ4n) is 4.32. The van der Waals surface area contributed by atoms with Gasteiger partial charge in [-0.05, 0) is 51.5 Å². The van der Waals surface area contributed by atoms with Crippen molar-refractivity contribution in [1.82, 2.24) is 15.3 Å². The number of anilines is 2. The maximum atomic E-state index is 6.14. The molecule has 1 fully saturated rings. The van der Waals surface area contributed by atoms with Gasteiger partial charge in [0, 0.05) is 68.7 Å². The molecule has 0 spiro atoms. The Kier molecular flexibility index (Phi) is 5.64. The first kappa shape index (κ1) is 20.6. The highest BCUT2D eigenvalue weighted by Crippen LogP contribution is 2.25. The van der Waals surface area contributed by atoms with Gasteiger partial charge < -0.3 is 20.9 Å². The Morgan fingerprint density at radius 1 is 1.07 bits per heavy atom. The Morgan fingerprint density at radius 2 is 1.73 bits per heavy atom. The number of hydrogen-bond acceptors (Lipinski definition) is 7. The second-order valence-corrected chi connectivity index (χ2v) is 9.31. The van der Waals surface area contributed by atoms with Crippen LogP contribution in [0.4, 0.5) is 11.6 Å². The molecule has 1 saturated heterocycles. The maximum absolute atomic E-state index is 6.14. The van der Waals surface area contributed by atoms with E-state index in [0.717, 1.165) is 73.0 Å². The molecular formula is C23H33N7. The van der Waals surface area contributed by atoms with Gasteiger partial charge in [0.25, 0.3) is 0 Å². The normalized spacial score (nSPS) is 20.7. The molecule has 0 aliphatic carbocycles. The molecule has 0 bridgehead atoms. The number of aromatic nitrogens is 2. The Labute approximate surface area is 179 Å². The minimum absolute atomic E-state index is 0.134. The number of hydrogen-bond donors (Lipinski definition) is 2. The SMILES string of the molecule is CN=CC1=C(N)CCN(c2ccc3nc(N4CCC(NC(C)(C)C)C4)ccc3n2)C1. The van der Waals surface area contributed by atoms with Crippen LogP contribution in [0.25, 0.3) is 11.0 Å². The highest BCUT2D eigenvalue weighted by molar-refractivity contribution is 5.82. The summed E-state index contributed by atoms with van der Waals surface area (Å²) in [6, 6.07) is 8.84. The summed E-state index contributed by atoms with van der Waals surface area (Å²) in [7, 11) is 1.78. The van der Waals surface area contributed by atoms with Crippen LogP contribution in [0.5, 0.6) is 0 Å². The van der Waals surface area contributed by atoms with Crippen molar-refractivity contribution in [3.05, 3.63) is 35.5 Å². The van der Waals surface area contributed by atoms with Gasteiger partial charge in [0.2, 0.25) is 0 Å². The molecule has 0 aromatic carbocycles. The van der Waals surface area contributed by atoms with E-state index in [9.17, 15) is 0 Å². The first-order chi connectivity index (χ1) is 14.3. The van der Waals surface area contributed by atoms with Crippen LogP contribution in [0.1, 0.15) is 33.6 Å². The maximum Gasteiger partial charge on any atom is 0.129 e. The van der Waals surface area contributed by atoms with Crippen LogP contribution in [0, 0.1) is 0 Å². The third-order valence-corrected chi connectivity index (χ3v) is 5.70. The molecule has 30 heavy (non-hydrogen) atoms. The minimum Gasteiger partial charge on any atom is -0.402 e. The second kappa shape index (κ2) is 8.22. The molecule has 3 N–H and O–H groups in total. The fraction of sp³-hybridized carbons (Fsp3) is 0.522. The van der Waals surface area contributed by atoms with Crippen LogP contribution in [-0.2, 0) is 0 Å². The molecular weight excluding hydrogens is 374 g/mol. The standard InChI is InChI=1S/C23H33N7/c1-23(2,3)28-17-9-11-30(15-17)22-8-6-19-20(27-22)5-7-21(26-19)29-12-10-18(24)16(14-29)13-25-4/h5-8,13,17,28H,9-12,14-15,24H2,1-4H3. The Bertz CT molecular complexity index is 973. The van der Waals surface area contributed by atoms with Crippen molar-refractivity contribution in [2.45, 2.75) is 45.2 Å². The molecule has 160 valence electrons. The summed E-state index contributed by atoms with van der Waals surface area (Å²) in [5.41, 5.74) is 10.1. The molecule has 7 heteroatoms. The average molecular weight is 408 g/mol. The Balaban J connectivity index is 1.50. The first-order valence-corrected chi connectivity index (χ1v) is 10.8. The van der Waals surface area contributed by atoms with Crippen LogP contribution in [0.15, 0.2) is 40.5 Å². The molecule has 4 rings (SSSR count). The molecule has 0 radical (unpaired) electrons. The Hall–Kier alpha value is -2.67. The van der Waals surface area contributed by atoms with E-state index in [-0.39, 0.29) is 5.54 Å². The van der Waals surface area contributed by atoms with E-state index in [1.165, 1.54) is 0 Å². The van der Waals surface area contributed by atoms with E-state index in [1.807, 2.05) is 6.21 Å². The van der Waals surface area contributed by atoms with Gasteiger partial charge >= 0.3 is 0 Å². The van der Waals surface area contributed by atoms with E-state index in [1.54, 1.807) is 7.05 Å². The van der Waals surface area contributed by atoms with E-state index in [2.05, 4.69) is 65.1 Å². The van der Waals surface area contributed by atoms with E-state index in [4.69, 9.17) is 15.7 Å². The molecule has 4 heterocycles. The monoisotopic (exact) mass is 407 g/mol. The summed E-state index contributed by atoms with van der Waals surface area (Å²) >= 11 is 0. The van der Waals surface area contributed by atoms with E-state index in [0.29, 0.717) is 6.04 Å². The van der Waals surface area contributed by atoms with Gasteiger partial charge in [0.15, 0.2) is 0 Å². The van der Waals surface area contributed by atoms with Gasteiger partial charge in [0.1, 0.15) is 11.6 Å². The highest BCUT2D eigenvalue weighted by atomic mass is 15.2. The predicted molar refractivity (Wildman–Crippen MR) is 126 cm³/mol. The molecule has 1 atom stereocenters. The van der Waals surface area contributed by atoms with Gasteiger partial charge in [0.05, 0.1) is 11.0 Å². The van der Waals surface area contributed by atoms with Crippen molar-refractivity contribution in [3.8, 4) is 0 Å². The first-order valence-electron chi connectivity index (χ1n) is 10.8. The Morgan fingerprint density at radius 3 is 2.37 bits per heavy atom. The molecule has 0 amide bonds. The summed E-state index contributed by atoms with van der Waals surface area (Å²) in [5, 5.41) is 3.71. The molecule has 1 unspecified atom stereocenters. The van der Waals surface area contributed by atoms with Gasteiger partial charge in [-0.1, -0.05) is 0 Å². The van der Waals surface area contributed by atoms with Gasteiger partial charge in [-0.25, -0.2) is 9.97 Å². The smallest absolute Gasteiger partial charge is 0.129 e. The largest absolute Gasteiger partial charge is 0.402 e. The van der Waals surface area contributed by atoms with Crippen LogP contribution >= 0.6 is 0 Å². The van der Waals surface area contributed by atoms with E-state index >= 15 is 0 Å². The summed E-state index contributed by atoms with van der Waals surface area (Å²) < 4.78 is 0. The van der Waals surface area contributed by atoms with Crippen LogP contribution in [0.3, 0.4) is 0 Å². The van der Waals surface area contributed by atoms with Crippen molar-refractivity contribution in [2.75, 3.05) is 43.0 Å². The van der Waals surface area contributed by atoms with Gasteiger partial charge in [-0.15, -0.1) is 0 Å². The lowest BCUT2D eigenvalue weighted by Crippen LogP contribution is -2.44. The zero-order valence-electron chi connectivity index (χ0n) is 18.5. The molecule has 2 aromatic rings. The van der Waals surface area contributed by atoms with Crippen LogP contribution in [0.2, 0.25) is 0 Å². The van der Waals surface area contributed by atoms with Crippen molar-refractivity contribution in [3.63, 3.8) is 0 Å². The van der Waals surface area contributed by atoms with Crippen molar-refractivity contribution < 1.29 is 0 Å². The topological polar surface area (TPSA) is 82.7 Å². The highest BCUT2D eigenvalue weighted by Gasteiger charge is 2.26. The van der Waals surface area contributed by atoms with Gasteiger partial charge in [-0.2, -0.15) is 0 Å². The van der Waals surface area contributed by atoms with Crippen molar-refractivity contribution >= 4 is 28.9 Å². The number of pyridine rings is 2. The molecule has 0 saturated carbocycles. The number of rotatable bonds is 4.